The summed E-state index contributed by atoms with van der Waals surface area (Å²) in [6.45, 7) is 0. The van der Waals surface area contributed by atoms with Gasteiger partial charge < -0.3 is 9.47 Å². The smallest absolute Gasteiger partial charge is 0.311 e. The van der Waals surface area contributed by atoms with Gasteiger partial charge in [-0.2, -0.15) is 0 Å². The molecule has 0 aromatic heterocycles. The maximum absolute atomic E-state index is 12.0. The molecule has 0 radical (unpaired) electrons. The third kappa shape index (κ3) is 1.27. The second-order valence-corrected chi connectivity index (χ2v) is 5.94. The number of rotatable bonds is 2. The zero-order chi connectivity index (χ0) is 11.3. The maximum Gasteiger partial charge on any atom is 0.311 e. The monoisotopic (exact) mass is 224 g/mol. The molecule has 0 aromatic rings. The van der Waals surface area contributed by atoms with Crippen molar-refractivity contribution in [2.75, 3.05) is 14.2 Å². The molecule has 4 saturated carbocycles. The summed E-state index contributed by atoms with van der Waals surface area (Å²) in [5.41, 5.74) is -0.153. The minimum atomic E-state index is -0.153. The van der Waals surface area contributed by atoms with Crippen LogP contribution in [0.15, 0.2) is 0 Å². The number of ether oxygens (including phenoxy) is 2. The summed E-state index contributed by atoms with van der Waals surface area (Å²) >= 11 is 0. The minimum Gasteiger partial charge on any atom is -0.469 e. The SMILES string of the molecule is COC(=O)C12CC3C[C@H](C1)C(OC)[C@@H](C3)C2. The lowest BCUT2D eigenvalue weighted by atomic mass is 9.48. The largest absolute Gasteiger partial charge is 0.469 e. The van der Waals surface area contributed by atoms with Crippen molar-refractivity contribution in [2.24, 2.45) is 23.2 Å². The summed E-state index contributed by atoms with van der Waals surface area (Å²) in [4.78, 5) is 12.0. The molecule has 3 heteroatoms. The normalized spacial score (nSPS) is 49.4. The fraction of sp³-hybridized carbons (Fsp3) is 0.923. The third-order valence-corrected chi connectivity index (χ3v) is 5.08. The number of methoxy groups -OCH3 is 2. The average Bonchev–Trinajstić information content (AvgIpc) is 2.27. The Bertz CT molecular complexity index is 296. The van der Waals surface area contributed by atoms with Crippen molar-refractivity contribution >= 4 is 5.97 Å². The Balaban J connectivity index is 1.89. The second kappa shape index (κ2) is 3.46. The topological polar surface area (TPSA) is 35.5 Å². The Morgan fingerprint density at radius 2 is 1.75 bits per heavy atom. The number of hydrogen-bond donors (Lipinski definition) is 0. The van der Waals surface area contributed by atoms with Crippen LogP contribution in [-0.4, -0.2) is 26.3 Å². The molecular formula is C13H20O3. The Kier molecular flexibility index (Phi) is 2.29. The lowest BCUT2D eigenvalue weighted by Crippen LogP contribution is -2.56. The number of esters is 1. The van der Waals surface area contributed by atoms with Gasteiger partial charge in [-0.05, 0) is 49.9 Å². The first-order chi connectivity index (χ1) is 7.68. The minimum absolute atomic E-state index is 0.0291. The van der Waals surface area contributed by atoms with Crippen LogP contribution in [0.3, 0.4) is 0 Å². The quantitative estimate of drug-likeness (QED) is 0.673. The van der Waals surface area contributed by atoms with Gasteiger partial charge in [0.25, 0.3) is 0 Å². The highest BCUT2D eigenvalue weighted by molar-refractivity contribution is 5.77. The fourth-order valence-electron chi connectivity index (χ4n) is 4.83. The molecule has 0 heterocycles. The average molecular weight is 224 g/mol. The van der Waals surface area contributed by atoms with E-state index in [-0.39, 0.29) is 11.4 Å². The maximum atomic E-state index is 12.0. The molecule has 0 N–H and O–H groups in total. The van der Waals surface area contributed by atoms with Crippen LogP contribution in [0, 0.1) is 23.2 Å². The first-order valence-electron chi connectivity index (χ1n) is 6.30. The summed E-state index contributed by atoms with van der Waals surface area (Å²) in [7, 11) is 3.34. The van der Waals surface area contributed by atoms with E-state index >= 15 is 0 Å². The standard InChI is InChI=1S/C13H20O3/c1-15-11-9-3-8-4-10(11)7-13(5-8,6-9)12(14)16-2/h8-11H,3-7H2,1-2H3/t8?,9-,10+,11?,13?. The fourth-order valence-corrected chi connectivity index (χ4v) is 4.83. The molecule has 3 unspecified atom stereocenters. The molecule has 0 aromatic carbocycles. The predicted octanol–water partition coefficient (Wildman–Crippen LogP) is 2.00. The molecular weight excluding hydrogens is 204 g/mol. The van der Waals surface area contributed by atoms with Gasteiger partial charge in [-0.25, -0.2) is 0 Å². The number of carbonyl (C=O) groups is 1. The van der Waals surface area contributed by atoms with Crippen LogP contribution < -0.4 is 0 Å². The van der Waals surface area contributed by atoms with Crippen LogP contribution in [0.2, 0.25) is 0 Å². The van der Waals surface area contributed by atoms with E-state index in [1.807, 2.05) is 7.11 Å². The van der Waals surface area contributed by atoms with E-state index in [9.17, 15) is 4.79 Å². The van der Waals surface area contributed by atoms with Gasteiger partial charge in [-0.1, -0.05) is 0 Å². The third-order valence-electron chi connectivity index (χ3n) is 5.08. The van der Waals surface area contributed by atoms with Crippen molar-refractivity contribution < 1.29 is 14.3 Å². The van der Waals surface area contributed by atoms with Crippen molar-refractivity contribution in [3.8, 4) is 0 Å². The van der Waals surface area contributed by atoms with Crippen molar-refractivity contribution in [1.82, 2.24) is 0 Å². The molecule has 4 rings (SSSR count). The van der Waals surface area contributed by atoms with Gasteiger partial charge in [0.05, 0.1) is 18.6 Å². The summed E-state index contributed by atoms with van der Waals surface area (Å²) in [5, 5.41) is 0. The number of carbonyl (C=O) groups excluding carboxylic acids is 1. The molecule has 0 spiro atoms. The zero-order valence-corrected chi connectivity index (χ0v) is 10.1. The molecule has 3 nitrogen and oxygen atoms in total. The summed E-state index contributed by atoms with van der Waals surface area (Å²) in [6.07, 6.45) is 5.95. The molecule has 4 aliphatic rings. The molecule has 16 heavy (non-hydrogen) atoms. The van der Waals surface area contributed by atoms with Crippen LogP contribution in [0.4, 0.5) is 0 Å². The molecule has 4 fully saturated rings. The van der Waals surface area contributed by atoms with Gasteiger partial charge in [0.1, 0.15) is 0 Å². The van der Waals surface area contributed by atoms with Gasteiger partial charge in [0.2, 0.25) is 0 Å². The Hall–Kier alpha value is -0.570. The van der Waals surface area contributed by atoms with E-state index < -0.39 is 0 Å². The zero-order valence-electron chi connectivity index (χ0n) is 10.1. The molecule has 5 atom stereocenters. The summed E-state index contributed by atoms with van der Waals surface area (Å²) in [6, 6.07) is 0. The van der Waals surface area contributed by atoms with Crippen LogP contribution in [0.5, 0.6) is 0 Å². The Morgan fingerprint density at radius 3 is 2.25 bits per heavy atom. The van der Waals surface area contributed by atoms with Crippen LogP contribution in [-0.2, 0) is 14.3 Å². The lowest BCUT2D eigenvalue weighted by Gasteiger charge is -2.58. The molecule has 0 saturated heterocycles. The molecule has 0 aliphatic heterocycles. The van der Waals surface area contributed by atoms with Gasteiger partial charge in [-0.3, -0.25) is 4.79 Å². The first-order valence-corrected chi connectivity index (χ1v) is 6.30. The van der Waals surface area contributed by atoms with Crippen molar-refractivity contribution in [3.05, 3.63) is 0 Å². The van der Waals surface area contributed by atoms with Crippen molar-refractivity contribution in [1.29, 1.82) is 0 Å². The predicted molar refractivity (Wildman–Crippen MR) is 58.8 cm³/mol. The van der Waals surface area contributed by atoms with E-state index in [0.29, 0.717) is 17.9 Å². The highest BCUT2D eigenvalue weighted by Gasteiger charge is 2.59. The van der Waals surface area contributed by atoms with Crippen molar-refractivity contribution in [3.63, 3.8) is 0 Å². The van der Waals surface area contributed by atoms with Gasteiger partial charge in [0, 0.05) is 7.11 Å². The van der Waals surface area contributed by atoms with Crippen LogP contribution in [0.1, 0.15) is 32.1 Å². The van der Waals surface area contributed by atoms with Crippen LogP contribution >= 0.6 is 0 Å². The highest BCUT2D eigenvalue weighted by atomic mass is 16.5. The van der Waals surface area contributed by atoms with E-state index in [0.717, 1.165) is 25.2 Å². The van der Waals surface area contributed by atoms with Crippen LogP contribution in [0.25, 0.3) is 0 Å². The molecule has 4 aliphatic carbocycles. The summed E-state index contributed by atoms with van der Waals surface area (Å²) < 4.78 is 10.7. The van der Waals surface area contributed by atoms with E-state index in [1.54, 1.807) is 0 Å². The van der Waals surface area contributed by atoms with E-state index in [2.05, 4.69) is 0 Å². The summed E-state index contributed by atoms with van der Waals surface area (Å²) in [5.74, 6) is 1.95. The molecule has 0 amide bonds. The Morgan fingerprint density at radius 1 is 1.12 bits per heavy atom. The molecule has 4 bridgehead atoms. The van der Waals surface area contributed by atoms with Crippen molar-refractivity contribution in [2.45, 2.75) is 38.2 Å². The van der Waals surface area contributed by atoms with Gasteiger partial charge in [0.15, 0.2) is 0 Å². The van der Waals surface area contributed by atoms with Gasteiger partial charge in [-0.15, -0.1) is 0 Å². The number of hydrogen-bond acceptors (Lipinski definition) is 3. The Labute approximate surface area is 96.5 Å². The van der Waals surface area contributed by atoms with E-state index in [4.69, 9.17) is 9.47 Å². The first kappa shape index (κ1) is 10.6. The lowest BCUT2D eigenvalue weighted by molar-refractivity contribution is -0.185. The second-order valence-electron chi connectivity index (χ2n) is 5.94. The van der Waals surface area contributed by atoms with E-state index in [1.165, 1.54) is 20.0 Å². The highest BCUT2D eigenvalue weighted by Crippen LogP contribution is 2.60. The van der Waals surface area contributed by atoms with Gasteiger partial charge >= 0.3 is 5.97 Å². The molecule has 90 valence electrons.